The molecule has 1 fully saturated rings. The zero-order chi connectivity index (χ0) is 14.1. The van der Waals surface area contributed by atoms with Gasteiger partial charge in [-0.25, -0.2) is 0 Å². The van der Waals surface area contributed by atoms with Gasteiger partial charge in [0.2, 0.25) is 0 Å². The summed E-state index contributed by atoms with van der Waals surface area (Å²) in [6.45, 7) is 9.62. The smallest absolute Gasteiger partial charge is 0.323 e. The number of hydrogen-bond donors (Lipinski definition) is 1. The maximum atomic E-state index is 12.0. The SMILES string of the molecule is CCCN(CC1CCCCN1)C(CC)C(=O)OCC. The van der Waals surface area contributed by atoms with Crippen molar-refractivity contribution < 1.29 is 9.53 Å². The van der Waals surface area contributed by atoms with E-state index in [0.717, 1.165) is 32.5 Å². The summed E-state index contributed by atoms with van der Waals surface area (Å²) >= 11 is 0. The summed E-state index contributed by atoms with van der Waals surface area (Å²) in [6, 6.07) is 0.451. The highest BCUT2D eigenvalue weighted by atomic mass is 16.5. The Hall–Kier alpha value is -0.610. The quantitative estimate of drug-likeness (QED) is 0.686. The third-order valence-corrected chi connectivity index (χ3v) is 3.76. The minimum atomic E-state index is -0.0800. The minimum absolute atomic E-state index is 0.0609. The first-order valence-electron chi connectivity index (χ1n) is 7.86. The molecule has 1 aliphatic heterocycles. The molecule has 0 radical (unpaired) electrons. The Morgan fingerprint density at radius 1 is 1.37 bits per heavy atom. The average Bonchev–Trinajstić information content (AvgIpc) is 2.41. The highest BCUT2D eigenvalue weighted by Gasteiger charge is 2.27. The molecule has 4 heteroatoms. The van der Waals surface area contributed by atoms with Crippen molar-refractivity contribution in [3.05, 3.63) is 0 Å². The number of hydrogen-bond acceptors (Lipinski definition) is 4. The Kier molecular flexibility index (Phi) is 8.07. The highest BCUT2D eigenvalue weighted by Crippen LogP contribution is 2.13. The largest absolute Gasteiger partial charge is 0.465 e. The summed E-state index contributed by atoms with van der Waals surface area (Å²) in [5, 5.41) is 3.56. The first-order valence-corrected chi connectivity index (χ1v) is 7.86. The molecule has 112 valence electrons. The second-order valence-electron chi connectivity index (χ2n) is 5.32. The summed E-state index contributed by atoms with van der Waals surface area (Å²) in [5.41, 5.74) is 0. The van der Waals surface area contributed by atoms with E-state index in [1.54, 1.807) is 0 Å². The average molecular weight is 270 g/mol. The van der Waals surface area contributed by atoms with E-state index < -0.39 is 0 Å². The van der Waals surface area contributed by atoms with E-state index in [4.69, 9.17) is 4.74 Å². The molecule has 1 aliphatic rings. The van der Waals surface area contributed by atoms with E-state index in [2.05, 4.69) is 24.1 Å². The molecule has 0 bridgehead atoms. The van der Waals surface area contributed by atoms with Crippen LogP contribution in [-0.4, -0.2) is 49.2 Å². The van der Waals surface area contributed by atoms with Crippen molar-refractivity contribution >= 4 is 5.97 Å². The van der Waals surface area contributed by atoms with E-state index in [-0.39, 0.29) is 12.0 Å². The van der Waals surface area contributed by atoms with Crippen molar-refractivity contribution in [2.75, 3.05) is 26.2 Å². The number of piperidine rings is 1. The molecule has 2 unspecified atom stereocenters. The van der Waals surface area contributed by atoms with Crippen LogP contribution in [0.5, 0.6) is 0 Å². The van der Waals surface area contributed by atoms with E-state index >= 15 is 0 Å². The summed E-state index contributed by atoms with van der Waals surface area (Å²) in [5.74, 6) is -0.0609. The first kappa shape index (κ1) is 16.4. The molecule has 1 rings (SSSR count). The first-order chi connectivity index (χ1) is 9.22. The predicted octanol–water partition coefficient (Wildman–Crippen LogP) is 2.18. The van der Waals surface area contributed by atoms with Gasteiger partial charge >= 0.3 is 5.97 Å². The van der Waals surface area contributed by atoms with Gasteiger partial charge < -0.3 is 10.1 Å². The maximum Gasteiger partial charge on any atom is 0.323 e. The van der Waals surface area contributed by atoms with Crippen LogP contribution in [-0.2, 0) is 9.53 Å². The van der Waals surface area contributed by atoms with Gasteiger partial charge in [0.15, 0.2) is 0 Å². The van der Waals surface area contributed by atoms with Gasteiger partial charge in [0.1, 0.15) is 6.04 Å². The molecular formula is C15H30N2O2. The minimum Gasteiger partial charge on any atom is -0.465 e. The molecule has 1 saturated heterocycles. The van der Waals surface area contributed by atoms with Crippen LogP contribution in [0.4, 0.5) is 0 Å². The van der Waals surface area contributed by atoms with Crippen molar-refractivity contribution in [3.63, 3.8) is 0 Å². The third-order valence-electron chi connectivity index (χ3n) is 3.76. The summed E-state index contributed by atoms with van der Waals surface area (Å²) in [7, 11) is 0. The van der Waals surface area contributed by atoms with Crippen LogP contribution >= 0.6 is 0 Å². The molecule has 0 aromatic rings. The summed E-state index contributed by atoms with van der Waals surface area (Å²) in [4.78, 5) is 14.4. The van der Waals surface area contributed by atoms with Crippen LogP contribution in [0.2, 0.25) is 0 Å². The van der Waals surface area contributed by atoms with Gasteiger partial charge in [-0.15, -0.1) is 0 Å². The van der Waals surface area contributed by atoms with Gasteiger partial charge in [0.05, 0.1) is 6.61 Å². The van der Waals surface area contributed by atoms with Crippen molar-refractivity contribution in [3.8, 4) is 0 Å². The molecule has 1 heterocycles. The molecule has 4 nitrogen and oxygen atoms in total. The number of nitrogens with one attached hydrogen (secondary N) is 1. The fourth-order valence-electron chi connectivity index (χ4n) is 2.84. The van der Waals surface area contributed by atoms with Crippen molar-refractivity contribution in [2.45, 2.75) is 65.0 Å². The summed E-state index contributed by atoms with van der Waals surface area (Å²) in [6.07, 6.45) is 5.70. The fraction of sp³-hybridized carbons (Fsp3) is 0.933. The standard InChI is InChI=1S/C15H30N2O2/c1-4-11-17(12-13-9-7-8-10-16-13)14(5-2)15(18)19-6-3/h13-14,16H,4-12H2,1-3H3. The predicted molar refractivity (Wildman–Crippen MR) is 78.2 cm³/mol. The monoisotopic (exact) mass is 270 g/mol. The second kappa shape index (κ2) is 9.32. The molecule has 1 N–H and O–H groups in total. The Bertz CT molecular complexity index is 253. The lowest BCUT2D eigenvalue weighted by molar-refractivity contribution is -0.149. The van der Waals surface area contributed by atoms with Crippen molar-refractivity contribution in [2.24, 2.45) is 0 Å². The molecule has 2 atom stereocenters. The van der Waals surface area contributed by atoms with E-state index in [9.17, 15) is 4.79 Å². The normalized spacial score (nSPS) is 21.4. The number of carbonyl (C=O) groups is 1. The number of ether oxygens (including phenoxy) is 1. The van der Waals surface area contributed by atoms with E-state index in [1.165, 1.54) is 19.3 Å². The van der Waals surface area contributed by atoms with Gasteiger partial charge in [-0.1, -0.05) is 20.3 Å². The van der Waals surface area contributed by atoms with Gasteiger partial charge in [0.25, 0.3) is 0 Å². The van der Waals surface area contributed by atoms with E-state index in [0.29, 0.717) is 12.6 Å². The third kappa shape index (κ3) is 5.49. The molecule has 0 saturated carbocycles. The van der Waals surface area contributed by atoms with Crippen LogP contribution in [0.3, 0.4) is 0 Å². The highest BCUT2D eigenvalue weighted by molar-refractivity contribution is 5.75. The van der Waals surface area contributed by atoms with Crippen LogP contribution in [0.1, 0.15) is 52.9 Å². The zero-order valence-electron chi connectivity index (χ0n) is 12.8. The van der Waals surface area contributed by atoms with Crippen LogP contribution in [0.25, 0.3) is 0 Å². The van der Waals surface area contributed by atoms with Gasteiger partial charge in [-0.05, 0) is 45.7 Å². The molecule has 0 aromatic heterocycles. The Labute approximate surface area is 117 Å². The molecule has 0 aliphatic carbocycles. The number of esters is 1. The molecular weight excluding hydrogens is 240 g/mol. The van der Waals surface area contributed by atoms with Crippen molar-refractivity contribution in [1.29, 1.82) is 0 Å². The van der Waals surface area contributed by atoms with Gasteiger partial charge in [0, 0.05) is 12.6 Å². The molecule has 0 amide bonds. The Morgan fingerprint density at radius 3 is 2.68 bits per heavy atom. The van der Waals surface area contributed by atoms with Gasteiger partial charge in [-0.2, -0.15) is 0 Å². The molecule has 0 spiro atoms. The lowest BCUT2D eigenvalue weighted by atomic mass is 10.0. The second-order valence-corrected chi connectivity index (χ2v) is 5.32. The fourth-order valence-corrected chi connectivity index (χ4v) is 2.84. The van der Waals surface area contributed by atoms with Gasteiger partial charge in [-0.3, -0.25) is 9.69 Å². The topological polar surface area (TPSA) is 41.6 Å². The zero-order valence-corrected chi connectivity index (χ0v) is 12.8. The van der Waals surface area contributed by atoms with Crippen LogP contribution in [0, 0.1) is 0 Å². The number of carbonyl (C=O) groups excluding carboxylic acids is 1. The lowest BCUT2D eigenvalue weighted by Gasteiger charge is -2.34. The van der Waals surface area contributed by atoms with Crippen molar-refractivity contribution in [1.82, 2.24) is 10.2 Å². The lowest BCUT2D eigenvalue weighted by Crippen LogP contribution is -2.50. The van der Waals surface area contributed by atoms with E-state index in [1.807, 2.05) is 6.92 Å². The van der Waals surface area contributed by atoms with Crippen LogP contribution in [0.15, 0.2) is 0 Å². The maximum absolute atomic E-state index is 12.0. The Morgan fingerprint density at radius 2 is 2.16 bits per heavy atom. The number of rotatable bonds is 8. The molecule has 0 aromatic carbocycles. The number of nitrogens with zero attached hydrogens (tertiary/aromatic N) is 1. The Balaban J connectivity index is 2.58. The molecule has 19 heavy (non-hydrogen) atoms. The summed E-state index contributed by atoms with van der Waals surface area (Å²) < 4.78 is 5.21. The van der Waals surface area contributed by atoms with Crippen LogP contribution < -0.4 is 5.32 Å².